The number of rotatable bonds is 8. The SMILES string of the molecule is Cc1cc(C)c(C)c(S(=O)(=O)N2Cc3ccccc3C[C@H]2C(=O)Nc2cc(S(=O)(=O)N3CCOCC3)ccc2OCC(F)(F)F)c1C. The Morgan fingerprint density at radius 1 is 0.915 bits per heavy atom. The summed E-state index contributed by atoms with van der Waals surface area (Å²) in [6.45, 7) is 5.65. The molecule has 0 saturated carbocycles. The van der Waals surface area contributed by atoms with Crippen molar-refractivity contribution in [2.24, 2.45) is 0 Å². The largest absolute Gasteiger partial charge is 0.482 e. The van der Waals surface area contributed by atoms with Gasteiger partial charge in [0.15, 0.2) is 6.61 Å². The van der Waals surface area contributed by atoms with Gasteiger partial charge in [-0.1, -0.05) is 30.3 Å². The lowest BCUT2D eigenvalue weighted by atomic mass is 9.95. The lowest BCUT2D eigenvalue weighted by Gasteiger charge is -2.36. The van der Waals surface area contributed by atoms with E-state index in [1.54, 1.807) is 52.0 Å². The van der Waals surface area contributed by atoms with Gasteiger partial charge in [-0.3, -0.25) is 4.79 Å². The standard InChI is InChI=1S/C32H36F3N3O7S2/c1-20-15-21(2)23(4)30(22(20)3)47(42,43)38-18-25-8-6-5-7-24(25)16-28(38)31(39)36-27-17-26(9-10-29(27)45-19-32(33,34)35)46(40,41)37-11-13-44-14-12-37/h5-10,15,17,28H,11-14,16,18-19H2,1-4H3,(H,36,39)/t28-/m0/s1. The van der Waals surface area contributed by atoms with Crippen LogP contribution in [0.4, 0.5) is 18.9 Å². The molecule has 2 aliphatic heterocycles. The maximum absolute atomic E-state index is 14.5. The summed E-state index contributed by atoms with van der Waals surface area (Å²) in [5.74, 6) is -1.29. The van der Waals surface area contributed by atoms with E-state index in [0.717, 1.165) is 39.2 Å². The van der Waals surface area contributed by atoms with Crippen molar-refractivity contribution in [2.75, 3.05) is 38.2 Å². The van der Waals surface area contributed by atoms with Gasteiger partial charge >= 0.3 is 6.18 Å². The topological polar surface area (TPSA) is 122 Å². The summed E-state index contributed by atoms with van der Waals surface area (Å²) in [7, 11) is -8.42. The molecule has 2 aliphatic rings. The van der Waals surface area contributed by atoms with Crippen LogP contribution in [0.3, 0.4) is 0 Å². The lowest BCUT2D eigenvalue weighted by molar-refractivity contribution is -0.153. The zero-order valence-electron chi connectivity index (χ0n) is 26.3. The van der Waals surface area contributed by atoms with Crippen molar-refractivity contribution in [3.63, 3.8) is 0 Å². The van der Waals surface area contributed by atoms with Gasteiger partial charge in [0.1, 0.15) is 11.8 Å². The number of aryl methyl sites for hydroxylation is 2. The van der Waals surface area contributed by atoms with Gasteiger partial charge in [0.2, 0.25) is 26.0 Å². The Hall–Kier alpha value is -3.50. The second kappa shape index (κ2) is 13.2. The fourth-order valence-corrected chi connectivity index (χ4v) is 9.44. The van der Waals surface area contributed by atoms with Crippen LogP contribution >= 0.6 is 0 Å². The molecule has 1 N–H and O–H groups in total. The number of carbonyl (C=O) groups is 1. The van der Waals surface area contributed by atoms with E-state index in [1.165, 1.54) is 4.31 Å². The van der Waals surface area contributed by atoms with E-state index >= 15 is 0 Å². The fourth-order valence-electron chi connectivity index (χ4n) is 5.86. The molecule has 1 amide bonds. The van der Waals surface area contributed by atoms with Crippen molar-refractivity contribution in [1.82, 2.24) is 8.61 Å². The molecule has 0 bridgehead atoms. The summed E-state index contributed by atoms with van der Waals surface area (Å²) in [6, 6.07) is 10.8. The van der Waals surface area contributed by atoms with Crippen LogP contribution < -0.4 is 10.1 Å². The number of alkyl halides is 3. The number of hydrogen-bond acceptors (Lipinski definition) is 7. The number of ether oxygens (including phenoxy) is 2. The summed E-state index contributed by atoms with van der Waals surface area (Å²) in [4.78, 5) is 13.9. The van der Waals surface area contributed by atoms with Crippen LogP contribution in [0.25, 0.3) is 0 Å². The fraction of sp³-hybridized carbons (Fsp3) is 0.406. The molecule has 47 heavy (non-hydrogen) atoms. The van der Waals surface area contributed by atoms with E-state index in [0.29, 0.717) is 16.7 Å². The van der Waals surface area contributed by atoms with Crippen molar-refractivity contribution in [2.45, 2.75) is 62.7 Å². The summed E-state index contributed by atoms with van der Waals surface area (Å²) >= 11 is 0. The van der Waals surface area contributed by atoms with E-state index in [4.69, 9.17) is 9.47 Å². The molecule has 0 aliphatic carbocycles. The first kappa shape index (κ1) is 34.8. The summed E-state index contributed by atoms with van der Waals surface area (Å²) in [5.41, 5.74) is 3.68. The highest BCUT2D eigenvalue weighted by atomic mass is 32.2. The maximum Gasteiger partial charge on any atom is 0.422 e. The average molecular weight is 696 g/mol. The van der Waals surface area contributed by atoms with Crippen LogP contribution in [-0.4, -0.2) is 76.5 Å². The molecule has 1 atom stereocenters. The summed E-state index contributed by atoms with van der Waals surface area (Å²) in [6.07, 6.45) is -4.76. The van der Waals surface area contributed by atoms with Gasteiger partial charge < -0.3 is 14.8 Å². The molecule has 1 saturated heterocycles. The van der Waals surface area contributed by atoms with Crippen molar-refractivity contribution in [3.05, 3.63) is 81.9 Å². The molecule has 0 unspecified atom stereocenters. The number of nitrogens with one attached hydrogen (secondary N) is 1. The van der Waals surface area contributed by atoms with Gasteiger partial charge in [0.25, 0.3) is 0 Å². The van der Waals surface area contributed by atoms with Crippen LogP contribution in [0.15, 0.2) is 58.3 Å². The predicted molar refractivity (Wildman–Crippen MR) is 168 cm³/mol. The second-order valence-electron chi connectivity index (χ2n) is 11.7. The Labute approximate surface area is 272 Å². The van der Waals surface area contributed by atoms with Crippen molar-refractivity contribution in [1.29, 1.82) is 0 Å². The lowest BCUT2D eigenvalue weighted by Crippen LogP contribution is -2.50. The molecule has 0 spiro atoms. The Bertz CT molecular complexity index is 1880. The van der Waals surface area contributed by atoms with Gasteiger partial charge in [0.05, 0.1) is 28.7 Å². The van der Waals surface area contributed by atoms with Crippen LogP contribution in [0, 0.1) is 27.7 Å². The first-order valence-corrected chi connectivity index (χ1v) is 17.8. The van der Waals surface area contributed by atoms with Crippen LogP contribution in [0.1, 0.15) is 33.4 Å². The van der Waals surface area contributed by atoms with Gasteiger partial charge in [-0.05, 0) is 85.7 Å². The number of morpholine rings is 1. The number of halogens is 3. The maximum atomic E-state index is 14.5. The molecular formula is C32H36F3N3O7S2. The van der Waals surface area contributed by atoms with Gasteiger partial charge in [0, 0.05) is 19.6 Å². The highest BCUT2D eigenvalue weighted by Gasteiger charge is 2.41. The first-order chi connectivity index (χ1) is 22.0. The Balaban J connectivity index is 1.57. The number of anilines is 1. The van der Waals surface area contributed by atoms with Crippen molar-refractivity contribution < 1.29 is 44.3 Å². The molecule has 0 aromatic heterocycles. The molecule has 1 fully saturated rings. The smallest absolute Gasteiger partial charge is 0.422 e. The molecule has 10 nitrogen and oxygen atoms in total. The van der Waals surface area contributed by atoms with Gasteiger partial charge in [-0.2, -0.15) is 21.8 Å². The Kier molecular flexibility index (Phi) is 9.77. The molecule has 5 rings (SSSR count). The highest BCUT2D eigenvalue weighted by Crippen LogP contribution is 2.36. The molecule has 3 aromatic carbocycles. The van der Waals surface area contributed by atoms with Crippen molar-refractivity contribution >= 4 is 31.6 Å². The first-order valence-electron chi connectivity index (χ1n) is 14.9. The van der Waals surface area contributed by atoms with Gasteiger partial charge in [-0.25, -0.2) is 16.8 Å². The third kappa shape index (κ3) is 7.18. The number of sulfonamides is 2. The minimum atomic E-state index is -4.72. The Morgan fingerprint density at radius 3 is 2.15 bits per heavy atom. The van der Waals surface area contributed by atoms with E-state index in [-0.39, 0.29) is 54.7 Å². The number of amides is 1. The number of benzene rings is 3. The van der Waals surface area contributed by atoms with Crippen LogP contribution in [-0.2, 0) is 42.5 Å². The van der Waals surface area contributed by atoms with E-state index in [9.17, 15) is 34.8 Å². The van der Waals surface area contributed by atoms with E-state index in [2.05, 4.69) is 5.32 Å². The quantitative estimate of drug-likeness (QED) is 0.365. The molecule has 15 heteroatoms. The minimum Gasteiger partial charge on any atom is -0.482 e. The third-order valence-corrected chi connectivity index (χ3v) is 12.6. The second-order valence-corrected chi connectivity index (χ2v) is 15.5. The molecular weight excluding hydrogens is 659 g/mol. The summed E-state index contributed by atoms with van der Waals surface area (Å²) in [5, 5.41) is 2.52. The number of hydrogen-bond donors (Lipinski definition) is 1. The number of nitrogens with zero attached hydrogens (tertiary/aromatic N) is 2. The summed E-state index contributed by atoms with van der Waals surface area (Å²) < 4.78 is 108. The number of carbonyl (C=O) groups excluding carboxylic acids is 1. The van der Waals surface area contributed by atoms with E-state index < -0.39 is 50.5 Å². The Morgan fingerprint density at radius 2 is 1.53 bits per heavy atom. The normalized spacial score (nSPS) is 18.1. The minimum absolute atomic E-state index is 0.0331. The highest BCUT2D eigenvalue weighted by molar-refractivity contribution is 7.89. The van der Waals surface area contributed by atoms with Gasteiger partial charge in [-0.15, -0.1) is 0 Å². The molecule has 2 heterocycles. The zero-order valence-corrected chi connectivity index (χ0v) is 28.0. The van der Waals surface area contributed by atoms with Crippen LogP contribution in [0.5, 0.6) is 5.75 Å². The molecule has 254 valence electrons. The van der Waals surface area contributed by atoms with Crippen molar-refractivity contribution in [3.8, 4) is 5.75 Å². The molecule has 0 radical (unpaired) electrons. The monoisotopic (exact) mass is 695 g/mol. The average Bonchev–Trinajstić information content (AvgIpc) is 3.02. The van der Waals surface area contributed by atoms with E-state index in [1.807, 2.05) is 6.07 Å². The van der Waals surface area contributed by atoms with Crippen LogP contribution in [0.2, 0.25) is 0 Å². The zero-order chi connectivity index (χ0) is 34.3. The predicted octanol–water partition coefficient (Wildman–Crippen LogP) is 4.64. The molecule has 3 aromatic rings. The third-order valence-electron chi connectivity index (χ3n) is 8.58. The number of fused-ring (bicyclic) bond motifs is 1.